The molecule has 0 heterocycles. The molecular formula is C14H27N3. The summed E-state index contributed by atoms with van der Waals surface area (Å²) in [6, 6.07) is 0. The second-order valence-corrected chi connectivity index (χ2v) is 5.83. The van der Waals surface area contributed by atoms with Crippen molar-refractivity contribution < 1.29 is 0 Å². The Kier molecular flexibility index (Phi) is 4.30. The smallest absolute Gasteiger partial charge is 0.188 e. The van der Waals surface area contributed by atoms with Crippen LogP contribution in [0.15, 0.2) is 4.99 Å². The van der Waals surface area contributed by atoms with Gasteiger partial charge in [-0.2, -0.15) is 0 Å². The van der Waals surface area contributed by atoms with Gasteiger partial charge in [0, 0.05) is 13.1 Å². The summed E-state index contributed by atoms with van der Waals surface area (Å²) in [5.74, 6) is 1.64. The van der Waals surface area contributed by atoms with E-state index in [1.165, 1.54) is 51.4 Å². The Morgan fingerprint density at radius 3 is 2.65 bits per heavy atom. The van der Waals surface area contributed by atoms with Crippen LogP contribution >= 0.6 is 0 Å². The highest BCUT2D eigenvalue weighted by Crippen LogP contribution is 2.61. The van der Waals surface area contributed by atoms with Gasteiger partial charge in [-0.05, 0) is 43.4 Å². The standard InChI is InChI=1S/C14H27N3/c1-2-3-4-5-10-16-13(15)17-11-14(8-9-14)12-6-7-12/h12H,2-11H2,1H3,(H3,15,16,17). The predicted octanol–water partition coefficient (Wildman–Crippen LogP) is 2.66. The molecule has 0 amide bonds. The first-order valence-electron chi connectivity index (χ1n) is 7.31. The molecule has 3 heteroatoms. The number of hydrogen-bond acceptors (Lipinski definition) is 1. The summed E-state index contributed by atoms with van der Waals surface area (Å²) in [6.45, 7) is 4.17. The summed E-state index contributed by atoms with van der Waals surface area (Å²) in [4.78, 5) is 4.52. The molecule has 17 heavy (non-hydrogen) atoms. The van der Waals surface area contributed by atoms with Crippen molar-refractivity contribution in [2.24, 2.45) is 22.1 Å². The fraction of sp³-hybridized carbons (Fsp3) is 0.929. The third-order valence-corrected chi connectivity index (χ3v) is 4.24. The van der Waals surface area contributed by atoms with Gasteiger partial charge in [0.25, 0.3) is 0 Å². The highest BCUT2D eigenvalue weighted by atomic mass is 15.1. The van der Waals surface area contributed by atoms with Gasteiger partial charge in [0.15, 0.2) is 5.96 Å². The molecule has 0 aromatic rings. The molecule has 98 valence electrons. The fourth-order valence-corrected chi connectivity index (χ4v) is 2.62. The molecule has 0 spiro atoms. The molecule has 0 aromatic carbocycles. The van der Waals surface area contributed by atoms with Crippen molar-refractivity contribution in [3.8, 4) is 0 Å². The average Bonchev–Trinajstić information content (AvgIpc) is 3.16. The van der Waals surface area contributed by atoms with E-state index in [2.05, 4.69) is 17.2 Å². The Labute approximate surface area is 105 Å². The zero-order valence-electron chi connectivity index (χ0n) is 11.2. The van der Waals surface area contributed by atoms with E-state index in [9.17, 15) is 0 Å². The largest absolute Gasteiger partial charge is 0.370 e. The molecule has 0 radical (unpaired) electrons. The molecular weight excluding hydrogens is 210 g/mol. The van der Waals surface area contributed by atoms with Crippen LogP contribution in [0.25, 0.3) is 0 Å². The van der Waals surface area contributed by atoms with Gasteiger partial charge in [-0.3, -0.25) is 4.99 Å². The molecule has 2 aliphatic carbocycles. The Bertz CT molecular complexity index is 265. The number of rotatable bonds is 8. The maximum absolute atomic E-state index is 5.88. The highest BCUT2D eigenvalue weighted by Gasteiger charge is 2.53. The van der Waals surface area contributed by atoms with Crippen LogP contribution in [0.3, 0.4) is 0 Å². The normalized spacial score (nSPS) is 22.5. The molecule has 0 bridgehead atoms. The minimum absolute atomic E-state index is 0.578. The van der Waals surface area contributed by atoms with Gasteiger partial charge in [0.05, 0.1) is 0 Å². The number of nitrogens with zero attached hydrogens (tertiary/aromatic N) is 1. The molecule has 2 rings (SSSR count). The van der Waals surface area contributed by atoms with Crippen molar-refractivity contribution >= 4 is 5.96 Å². The lowest BCUT2D eigenvalue weighted by atomic mass is 10.0. The Balaban J connectivity index is 1.57. The predicted molar refractivity (Wildman–Crippen MR) is 73.0 cm³/mol. The van der Waals surface area contributed by atoms with E-state index >= 15 is 0 Å². The third-order valence-electron chi connectivity index (χ3n) is 4.24. The van der Waals surface area contributed by atoms with Gasteiger partial charge in [-0.25, -0.2) is 0 Å². The number of guanidine groups is 1. The van der Waals surface area contributed by atoms with Gasteiger partial charge in [-0.15, -0.1) is 0 Å². The number of nitrogens with two attached hydrogens (primary N) is 1. The van der Waals surface area contributed by atoms with E-state index in [0.29, 0.717) is 11.4 Å². The molecule has 3 nitrogen and oxygen atoms in total. The van der Waals surface area contributed by atoms with Gasteiger partial charge in [0.1, 0.15) is 0 Å². The Morgan fingerprint density at radius 2 is 2.06 bits per heavy atom. The topological polar surface area (TPSA) is 50.4 Å². The van der Waals surface area contributed by atoms with Crippen LogP contribution in [0.2, 0.25) is 0 Å². The SMILES string of the molecule is CCCCCCNC(N)=NCC1(C2CC2)CC1. The summed E-state index contributed by atoms with van der Waals surface area (Å²) in [5.41, 5.74) is 6.46. The second kappa shape index (κ2) is 5.74. The average molecular weight is 237 g/mol. The number of nitrogens with one attached hydrogen (secondary N) is 1. The van der Waals surface area contributed by atoms with Gasteiger partial charge in [0.2, 0.25) is 0 Å². The van der Waals surface area contributed by atoms with Crippen LogP contribution in [0, 0.1) is 11.3 Å². The highest BCUT2D eigenvalue weighted by molar-refractivity contribution is 5.77. The third kappa shape index (κ3) is 3.90. The minimum Gasteiger partial charge on any atom is -0.370 e. The molecule has 0 aliphatic heterocycles. The lowest BCUT2D eigenvalue weighted by molar-refractivity contribution is 0.453. The molecule has 0 saturated heterocycles. The van der Waals surface area contributed by atoms with Gasteiger partial charge in [-0.1, -0.05) is 26.2 Å². The first-order valence-corrected chi connectivity index (χ1v) is 7.31. The van der Waals surface area contributed by atoms with Crippen LogP contribution in [-0.2, 0) is 0 Å². The van der Waals surface area contributed by atoms with E-state index in [4.69, 9.17) is 5.73 Å². The maximum atomic E-state index is 5.88. The van der Waals surface area contributed by atoms with Crippen molar-refractivity contribution in [2.75, 3.05) is 13.1 Å². The molecule has 2 aliphatic rings. The van der Waals surface area contributed by atoms with E-state index < -0.39 is 0 Å². The van der Waals surface area contributed by atoms with E-state index in [-0.39, 0.29) is 0 Å². The van der Waals surface area contributed by atoms with Crippen LogP contribution in [0.1, 0.15) is 58.3 Å². The van der Waals surface area contributed by atoms with E-state index in [1.54, 1.807) is 0 Å². The van der Waals surface area contributed by atoms with Crippen molar-refractivity contribution in [3.63, 3.8) is 0 Å². The molecule has 0 atom stereocenters. The summed E-state index contributed by atoms with van der Waals surface area (Å²) < 4.78 is 0. The molecule has 2 fully saturated rings. The first-order chi connectivity index (χ1) is 8.27. The summed E-state index contributed by atoms with van der Waals surface area (Å²) >= 11 is 0. The molecule has 0 unspecified atom stereocenters. The quantitative estimate of drug-likeness (QED) is 0.387. The van der Waals surface area contributed by atoms with Crippen molar-refractivity contribution in [3.05, 3.63) is 0 Å². The lowest BCUT2D eigenvalue weighted by Crippen LogP contribution is -2.33. The van der Waals surface area contributed by atoms with E-state index in [0.717, 1.165) is 19.0 Å². The van der Waals surface area contributed by atoms with Crippen LogP contribution in [-0.4, -0.2) is 19.0 Å². The number of unbranched alkanes of at least 4 members (excludes halogenated alkanes) is 3. The van der Waals surface area contributed by atoms with Gasteiger partial charge < -0.3 is 11.1 Å². The van der Waals surface area contributed by atoms with Crippen LogP contribution in [0.4, 0.5) is 0 Å². The Morgan fingerprint density at radius 1 is 1.29 bits per heavy atom. The zero-order valence-corrected chi connectivity index (χ0v) is 11.2. The zero-order chi connectivity index (χ0) is 12.1. The summed E-state index contributed by atoms with van der Waals surface area (Å²) in [5, 5.41) is 3.23. The number of hydrogen-bond donors (Lipinski definition) is 2. The lowest BCUT2D eigenvalue weighted by Gasteiger charge is -2.11. The van der Waals surface area contributed by atoms with Crippen LogP contribution < -0.4 is 11.1 Å². The minimum atomic E-state index is 0.578. The number of aliphatic imine (C=N–C) groups is 1. The summed E-state index contributed by atoms with van der Waals surface area (Å²) in [7, 11) is 0. The van der Waals surface area contributed by atoms with Crippen molar-refractivity contribution in [2.45, 2.75) is 58.3 Å². The van der Waals surface area contributed by atoms with E-state index in [1.807, 2.05) is 0 Å². The maximum Gasteiger partial charge on any atom is 0.188 e. The van der Waals surface area contributed by atoms with Gasteiger partial charge >= 0.3 is 0 Å². The van der Waals surface area contributed by atoms with Crippen molar-refractivity contribution in [1.82, 2.24) is 5.32 Å². The monoisotopic (exact) mass is 237 g/mol. The molecule has 2 saturated carbocycles. The fourth-order valence-electron chi connectivity index (χ4n) is 2.62. The molecule has 0 aromatic heterocycles. The van der Waals surface area contributed by atoms with Crippen molar-refractivity contribution in [1.29, 1.82) is 0 Å². The molecule has 3 N–H and O–H groups in total. The second-order valence-electron chi connectivity index (χ2n) is 5.83. The Hall–Kier alpha value is -0.730. The van der Waals surface area contributed by atoms with Crippen LogP contribution in [0.5, 0.6) is 0 Å². The summed E-state index contributed by atoms with van der Waals surface area (Å²) in [6.07, 6.45) is 10.7. The first kappa shape index (κ1) is 12.7.